The molecule has 0 spiro atoms. The maximum absolute atomic E-state index is 3.84. The molecule has 0 radical (unpaired) electrons. The monoisotopic (exact) mass is 223 g/mol. The fraction of sp³-hybridized carbons (Fsp3) is 0.867. The van der Waals surface area contributed by atoms with Gasteiger partial charge in [0.25, 0.3) is 0 Å². The molecule has 1 aliphatic carbocycles. The summed E-state index contributed by atoms with van der Waals surface area (Å²) < 4.78 is 0. The summed E-state index contributed by atoms with van der Waals surface area (Å²) in [6.07, 6.45) is 14.6. The largest absolute Gasteiger partial charge is 0.314 e. The molecule has 0 saturated heterocycles. The molecule has 0 aromatic carbocycles. The zero-order valence-corrected chi connectivity index (χ0v) is 11.0. The maximum Gasteiger partial charge on any atom is 0.00981 e. The quantitative estimate of drug-likeness (QED) is 0.662. The van der Waals surface area contributed by atoms with E-state index in [0.29, 0.717) is 0 Å². The summed E-state index contributed by atoms with van der Waals surface area (Å²) in [6.45, 7) is 7.18. The van der Waals surface area contributed by atoms with Gasteiger partial charge in [-0.15, -0.1) is 6.58 Å². The molecule has 1 rings (SSSR count). The topological polar surface area (TPSA) is 12.0 Å². The van der Waals surface area contributed by atoms with E-state index in [0.717, 1.165) is 24.9 Å². The molecule has 1 heteroatoms. The first-order valence-corrected chi connectivity index (χ1v) is 7.22. The van der Waals surface area contributed by atoms with Crippen molar-refractivity contribution in [3.63, 3.8) is 0 Å². The first-order valence-electron chi connectivity index (χ1n) is 7.22. The van der Waals surface area contributed by atoms with Crippen LogP contribution in [0.25, 0.3) is 0 Å². The van der Waals surface area contributed by atoms with Gasteiger partial charge in [0.2, 0.25) is 0 Å². The summed E-state index contributed by atoms with van der Waals surface area (Å²) in [4.78, 5) is 0. The summed E-state index contributed by atoms with van der Waals surface area (Å²) in [7, 11) is 0. The predicted molar refractivity (Wildman–Crippen MR) is 72.7 cm³/mol. The van der Waals surface area contributed by atoms with Crippen molar-refractivity contribution in [3.8, 4) is 0 Å². The standard InChI is InChI=1S/C15H29N/c1-3-5-13-15(16-4-2)14-11-9-7-6-8-10-12-14/h3,14-16H,1,4-13H2,2H3. The highest BCUT2D eigenvalue weighted by Gasteiger charge is 2.20. The van der Waals surface area contributed by atoms with Crippen molar-refractivity contribution in [1.82, 2.24) is 5.32 Å². The van der Waals surface area contributed by atoms with Crippen LogP contribution in [0, 0.1) is 5.92 Å². The number of hydrogen-bond acceptors (Lipinski definition) is 1. The lowest BCUT2D eigenvalue weighted by atomic mass is 9.84. The van der Waals surface area contributed by atoms with E-state index in [1.165, 1.54) is 51.4 Å². The van der Waals surface area contributed by atoms with Crippen LogP contribution in [0.15, 0.2) is 12.7 Å². The third-order valence-electron chi connectivity index (χ3n) is 3.87. The van der Waals surface area contributed by atoms with Gasteiger partial charge >= 0.3 is 0 Å². The van der Waals surface area contributed by atoms with Crippen molar-refractivity contribution in [3.05, 3.63) is 12.7 Å². The fourth-order valence-corrected chi connectivity index (χ4v) is 2.95. The van der Waals surface area contributed by atoms with E-state index in [1.54, 1.807) is 0 Å². The third-order valence-corrected chi connectivity index (χ3v) is 3.87. The lowest BCUT2D eigenvalue weighted by Gasteiger charge is -2.29. The molecule has 94 valence electrons. The van der Waals surface area contributed by atoms with Crippen molar-refractivity contribution in [2.75, 3.05) is 6.54 Å². The first-order chi connectivity index (χ1) is 7.88. The second-order valence-corrected chi connectivity index (χ2v) is 5.14. The summed E-state index contributed by atoms with van der Waals surface area (Å²) in [5.74, 6) is 0.917. The zero-order chi connectivity index (χ0) is 11.6. The Morgan fingerprint density at radius 3 is 2.38 bits per heavy atom. The average Bonchev–Trinajstić information content (AvgIpc) is 2.24. The molecule has 1 atom stereocenters. The highest BCUT2D eigenvalue weighted by Crippen LogP contribution is 2.26. The van der Waals surface area contributed by atoms with Crippen LogP contribution in [0.5, 0.6) is 0 Å². The van der Waals surface area contributed by atoms with Crippen molar-refractivity contribution in [2.24, 2.45) is 5.92 Å². The molecular weight excluding hydrogens is 194 g/mol. The van der Waals surface area contributed by atoms with Crippen LogP contribution in [-0.2, 0) is 0 Å². The zero-order valence-electron chi connectivity index (χ0n) is 11.0. The lowest BCUT2D eigenvalue weighted by molar-refractivity contribution is 0.277. The van der Waals surface area contributed by atoms with Gasteiger partial charge in [-0.1, -0.05) is 45.1 Å². The lowest BCUT2D eigenvalue weighted by Crippen LogP contribution is -2.36. The van der Waals surface area contributed by atoms with Crippen LogP contribution < -0.4 is 5.32 Å². The molecule has 1 N–H and O–H groups in total. The minimum absolute atomic E-state index is 0.737. The Morgan fingerprint density at radius 1 is 1.19 bits per heavy atom. The second kappa shape index (κ2) is 8.81. The Kier molecular flexibility index (Phi) is 7.58. The second-order valence-electron chi connectivity index (χ2n) is 5.14. The molecule has 1 unspecified atom stereocenters. The van der Waals surface area contributed by atoms with Gasteiger partial charge in [-0.25, -0.2) is 0 Å². The predicted octanol–water partition coefficient (Wildman–Crippen LogP) is 4.29. The molecule has 1 aliphatic rings. The van der Waals surface area contributed by atoms with Crippen LogP contribution in [0.2, 0.25) is 0 Å². The summed E-state index contributed by atoms with van der Waals surface area (Å²) in [5.41, 5.74) is 0. The third kappa shape index (κ3) is 5.16. The van der Waals surface area contributed by atoms with Crippen LogP contribution >= 0.6 is 0 Å². The van der Waals surface area contributed by atoms with Crippen molar-refractivity contribution >= 4 is 0 Å². The maximum atomic E-state index is 3.84. The normalized spacial score (nSPS) is 21.1. The molecular formula is C15H29N. The Hall–Kier alpha value is -0.300. The smallest absolute Gasteiger partial charge is 0.00981 e. The molecule has 1 nitrogen and oxygen atoms in total. The SMILES string of the molecule is C=CCCC(NCC)C1CCCCCCC1. The van der Waals surface area contributed by atoms with Crippen molar-refractivity contribution in [1.29, 1.82) is 0 Å². The van der Waals surface area contributed by atoms with E-state index in [-0.39, 0.29) is 0 Å². The summed E-state index contributed by atoms with van der Waals surface area (Å²) in [6, 6.07) is 0.737. The Bertz CT molecular complexity index is 168. The molecule has 0 aromatic heterocycles. The average molecular weight is 223 g/mol. The van der Waals surface area contributed by atoms with Gasteiger partial charge in [0, 0.05) is 6.04 Å². The van der Waals surface area contributed by atoms with Gasteiger partial charge in [-0.05, 0) is 38.1 Å². The Morgan fingerprint density at radius 2 is 1.81 bits per heavy atom. The van der Waals surface area contributed by atoms with E-state index < -0.39 is 0 Å². The number of rotatable bonds is 6. The van der Waals surface area contributed by atoms with Gasteiger partial charge in [0.15, 0.2) is 0 Å². The Balaban J connectivity index is 2.41. The molecule has 16 heavy (non-hydrogen) atoms. The molecule has 0 aromatic rings. The highest BCUT2D eigenvalue weighted by atomic mass is 14.9. The molecule has 1 saturated carbocycles. The highest BCUT2D eigenvalue weighted by molar-refractivity contribution is 4.80. The van der Waals surface area contributed by atoms with E-state index in [1.807, 2.05) is 0 Å². The van der Waals surface area contributed by atoms with Gasteiger partial charge < -0.3 is 5.32 Å². The van der Waals surface area contributed by atoms with Gasteiger partial charge in [-0.3, -0.25) is 0 Å². The van der Waals surface area contributed by atoms with E-state index >= 15 is 0 Å². The van der Waals surface area contributed by atoms with Crippen LogP contribution in [0.4, 0.5) is 0 Å². The van der Waals surface area contributed by atoms with Crippen LogP contribution in [0.1, 0.15) is 64.7 Å². The first kappa shape index (κ1) is 13.8. The van der Waals surface area contributed by atoms with Crippen LogP contribution in [0.3, 0.4) is 0 Å². The van der Waals surface area contributed by atoms with E-state index in [4.69, 9.17) is 0 Å². The van der Waals surface area contributed by atoms with Gasteiger partial charge in [0.05, 0.1) is 0 Å². The summed E-state index contributed by atoms with van der Waals surface area (Å²) in [5, 5.41) is 3.69. The number of hydrogen-bond donors (Lipinski definition) is 1. The molecule has 0 amide bonds. The molecule has 0 heterocycles. The van der Waals surface area contributed by atoms with Crippen molar-refractivity contribution in [2.45, 2.75) is 70.8 Å². The van der Waals surface area contributed by atoms with Crippen molar-refractivity contribution < 1.29 is 0 Å². The number of allylic oxidation sites excluding steroid dienone is 1. The molecule has 0 bridgehead atoms. The van der Waals surface area contributed by atoms with Crippen LogP contribution in [-0.4, -0.2) is 12.6 Å². The van der Waals surface area contributed by atoms with E-state index in [9.17, 15) is 0 Å². The van der Waals surface area contributed by atoms with Gasteiger partial charge in [0.1, 0.15) is 0 Å². The van der Waals surface area contributed by atoms with E-state index in [2.05, 4.69) is 24.9 Å². The fourth-order valence-electron chi connectivity index (χ4n) is 2.95. The number of nitrogens with one attached hydrogen (secondary N) is 1. The Labute approximate surface area is 102 Å². The minimum atomic E-state index is 0.737. The molecule has 0 aliphatic heterocycles. The minimum Gasteiger partial charge on any atom is -0.314 e. The van der Waals surface area contributed by atoms with Gasteiger partial charge in [-0.2, -0.15) is 0 Å². The summed E-state index contributed by atoms with van der Waals surface area (Å²) >= 11 is 0. The molecule has 1 fully saturated rings.